The maximum absolute atomic E-state index is 11.1. The molecule has 0 saturated carbocycles. The fourth-order valence-electron chi connectivity index (χ4n) is 3.00. The van der Waals surface area contributed by atoms with Crippen molar-refractivity contribution in [3.63, 3.8) is 0 Å². The van der Waals surface area contributed by atoms with Gasteiger partial charge in [-0.05, 0) is 37.3 Å². The van der Waals surface area contributed by atoms with Crippen LogP contribution in [0.1, 0.15) is 19.3 Å². The lowest BCUT2D eigenvalue weighted by molar-refractivity contribution is -0.139. The Morgan fingerprint density at radius 2 is 2.11 bits per heavy atom. The van der Waals surface area contributed by atoms with Crippen molar-refractivity contribution in [3.8, 4) is 0 Å². The number of rotatable bonds is 4. The minimum atomic E-state index is -0.644. The fourth-order valence-corrected chi connectivity index (χ4v) is 4.22. The fraction of sp³-hybridized carbons (Fsp3) is 0.923. The molecule has 5 heteroatoms. The normalized spacial score (nSPS) is 29.1. The first-order valence-corrected chi connectivity index (χ1v) is 8.04. The van der Waals surface area contributed by atoms with Gasteiger partial charge in [0, 0.05) is 32.2 Å². The van der Waals surface area contributed by atoms with Crippen LogP contribution in [-0.2, 0) is 4.79 Å². The highest BCUT2D eigenvalue weighted by atomic mass is 32.2. The Bertz CT molecular complexity index is 274. The molecule has 2 heterocycles. The SMILES string of the molecule is CN1CCN(C(CC(=O)O)C2CCCSC2)CC1. The van der Waals surface area contributed by atoms with Crippen molar-refractivity contribution >= 4 is 17.7 Å². The van der Waals surface area contributed by atoms with Gasteiger partial charge in [-0.25, -0.2) is 0 Å². The molecule has 2 saturated heterocycles. The summed E-state index contributed by atoms with van der Waals surface area (Å²) in [5.41, 5.74) is 0. The molecule has 0 aromatic heterocycles. The van der Waals surface area contributed by atoms with Crippen molar-refractivity contribution in [2.75, 3.05) is 44.7 Å². The molecule has 0 bridgehead atoms. The lowest BCUT2D eigenvalue weighted by atomic mass is 9.92. The van der Waals surface area contributed by atoms with Crippen molar-refractivity contribution < 1.29 is 9.90 Å². The summed E-state index contributed by atoms with van der Waals surface area (Å²) >= 11 is 1.99. The van der Waals surface area contributed by atoms with Gasteiger partial charge < -0.3 is 10.0 Å². The third-order valence-electron chi connectivity index (χ3n) is 4.13. The number of hydrogen-bond acceptors (Lipinski definition) is 4. The lowest BCUT2D eigenvalue weighted by Crippen LogP contribution is -2.52. The minimum Gasteiger partial charge on any atom is -0.481 e. The second-order valence-corrected chi connectivity index (χ2v) is 6.63. The molecule has 104 valence electrons. The van der Waals surface area contributed by atoms with Crippen molar-refractivity contribution in [1.29, 1.82) is 0 Å². The molecule has 0 aromatic rings. The molecule has 0 amide bonds. The van der Waals surface area contributed by atoms with Gasteiger partial charge in [0.15, 0.2) is 0 Å². The quantitative estimate of drug-likeness (QED) is 0.833. The second kappa shape index (κ2) is 6.78. The van der Waals surface area contributed by atoms with Crippen LogP contribution >= 0.6 is 11.8 Å². The Balaban J connectivity index is 1.97. The largest absolute Gasteiger partial charge is 0.481 e. The highest BCUT2D eigenvalue weighted by Gasteiger charge is 2.32. The second-order valence-electron chi connectivity index (χ2n) is 5.48. The molecule has 0 spiro atoms. The summed E-state index contributed by atoms with van der Waals surface area (Å²) in [5.74, 6) is 2.32. The predicted octanol–water partition coefficient (Wildman–Crippen LogP) is 1.22. The van der Waals surface area contributed by atoms with E-state index in [-0.39, 0.29) is 6.04 Å². The average molecular weight is 272 g/mol. The van der Waals surface area contributed by atoms with Crippen LogP contribution < -0.4 is 0 Å². The number of carboxylic acid groups (broad SMARTS) is 1. The number of thioether (sulfide) groups is 1. The average Bonchev–Trinajstić information content (AvgIpc) is 2.38. The van der Waals surface area contributed by atoms with Gasteiger partial charge in [0.25, 0.3) is 0 Å². The Kier molecular flexibility index (Phi) is 5.33. The molecule has 18 heavy (non-hydrogen) atoms. The summed E-state index contributed by atoms with van der Waals surface area (Å²) in [7, 11) is 2.14. The minimum absolute atomic E-state index is 0.254. The number of hydrogen-bond donors (Lipinski definition) is 1. The topological polar surface area (TPSA) is 43.8 Å². The van der Waals surface area contributed by atoms with Crippen LogP contribution in [0.4, 0.5) is 0 Å². The summed E-state index contributed by atoms with van der Waals surface area (Å²) in [6.07, 6.45) is 2.77. The molecule has 4 nitrogen and oxygen atoms in total. The van der Waals surface area contributed by atoms with Crippen LogP contribution in [0, 0.1) is 5.92 Å². The molecular weight excluding hydrogens is 248 g/mol. The first-order chi connectivity index (χ1) is 8.66. The van der Waals surface area contributed by atoms with Crippen molar-refractivity contribution in [1.82, 2.24) is 9.80 Å². The van der Waals surface area contributed by atoms with Gasteiger partial charge in [-0.3, -0.25) is 9.69 Å². The van der Waals surface area contributed by atoms with Gasteiger partial charge >= 0.3 is 5.97 Å². The van der Waals surface area contributed by atoms with Crippen LogP contribution in [0.2, 0.25) is 0 Å². The van der Waals surface area contributed by atoms with Gasteiger partial charge in [-0.15, -0.1) is 0 Å². The smallest absolute Gasteiger partial charge is 0.304 e. The van der Waals surface area contributed by atoms with Crippen LogP contribution in [0.3, 0.4) is 0 Å². The molecule has 0 aliphatic carbocycles. The van der Waals surface area contributed by atoms with Gasteiger partial charge in [0.1, 0.15) is 0 Å². The van der Waals surface area contributed by atoms with E-state index in [0.29, 0.717) is 12.3 Å². The Labute approximate surface area is 114 Å². The van der Waals surface area contributed by atoms with E-state index >= 15 is 0 Å². The van der Waals surface area contributed by atoms with Gasteiger partial charge in [0.2, 0.25) is 0 Å². The Morgan fingerprint density at radius 1 is 1.39 bits per heavy atom. The summed E-state index contributed by atoms with van der Waals surface area (Å²) in [5, 5.41) is 9.15. The number of nitrogens with zero attached hydrogens (tertiary/aromatic N) is 2. The zero-order valence-electron chi connectivity index (χ0n) is 11.2. The first-order valence-electron chi connectivity index (χ1n) is 6.89. The van der Waals surface area contributed by atoms with Crippen molar-refractivity contribution in [3.05, 3.63) is 0 Å². The van der Waals surface area contributed by atoms with Gasteiger partial charge in [-0.2, -0.15) is 11.8 Å². The summed E-state index contributed by atoms with van der Waals surface area (Å²) < 4.78 is 0. The Hall–Kier alpha value is -0.260. The third-order valence-corrected chi connectivity index (χ3v) is 5.37. The van der Waals surface area contributed by atoms with Gasteiger partial charge in [-0.1, -0.05) is 0 Å². The van der Waals surface area contributed by atoms with E-state index in [9.17, 15) is 4.79 Å². The number of carboxylic acids is 1. The summed E-state index contributed by atoms with van der Waals surface area (Å²) in [6.45, 7) is 4.18. The van der Waals surface area contributed by atoms with E-state index < -0.39 is 5.97 Å². The lowest BCUT2D eigenvalue weighted by Gasteiger charge is -2.42. The van der Waals surface area contributed by atoms with E-state index in [1.165, 1.54) is 18.6 Å². The van der Waals surface area contributed by atoms with E-state index in [4.69, 9.17) is 5.11 Å². The van der Waals surface area contributed by atoms with E-state index in [1.807, 2.05) is 11.8 Å². The van der Waals surface area contributed by atoms with Crippen molar-refractivity contribution in [2.24, 2.45) is 5.92 Å². The molecule has 2 aliphatic heterocycles. The maximum Gasteiger partial charge on any atom is 0.304 e. The predicted molar refractivity (Wildman–Crippen MR) is 75.2 cm³/mol. The van der Waals surface area contributed by atoms with Crippen LogP contribution in [-0.4, -0.2) is 71.6 Å². The highest BCUT2D eigenvalue weighted by Crippen LogP contribution is 2.29. The first kappa shape index (κ1) is 14.2. The number of piperazine rings is 1. The molecular formula is C13H24N2O2S. The molecule has 2 fully saturated rings. The molecule has 2 atom stereocenters. The molecule has 0 aromatic carbocycles. The maximum atomic E-state index is 11.1. The van der Waals surface area contributed by atoms with Gasteiger partial charge in [0.05, 0.1) is 6.42 Å². The standard InChI is InChI=1S/C13H24N2O2S/c1-14-4-6-15(7-5-14)12(9-13(16)17)11-3-2-8-18-10-11/h11-12H,2-10H2,1H3,(H,16,17). The zero-order valence-corrected chi connectivity index (χ0v) is 12.0. The molecule has 2 rings (SSSR count). The number of likely N-dealkylation sites (N-methyl/N-ethyl adjacent to an activating group) is 1. The highest BCUT2D eigenvalue weighted by molar-refractivity contribution is 7.99. The van der Waals surface area contributed by atoms with E-state index in [1.54, 1.807) is 0 Å². The number of carbonyl (C=O) groups is 1. The van der Waals surface area contributed by atoms with E-state index in [0.717, 1.165) is 31.9 Å². The van der Waals surface area contributed by atoms with Crippen LogP contribution in [0.25, 0.3) is 0 Å². The number of aliphatic carboxylic acids is 1. The zero-order chi connectivity index (χ0) is 13.0. The Morgan fingerprint density at radius 3 is 2.67 bits per heavy atom. The summed E-state index contributed by atoms with van der Waals surface area (Å²) in [4.78, 5) is 15.9. The van der Waals surface area contributed by atoms with Crippen molar-refractivity contribution in [2.45, 2.75) is 25.3 Å². The van der Waals surface area contributed by atoms with Crippen LogP contribution in [0.5, 0.6) is 0 Å². The van der Waals surface area contributed by atoms with E-state index in [2.05, 4.69) is 16.8 Å². The third kappa shape index (κ3) is 3.87. The molecule has 1 N–H and O–H groups in total. The summed E-state index contributed by atoms with van der Waals surface area (Å²) in [6, 6.07) is 0.254. The molecule has 2 unspecified atom stereocenters. The van der Waals surface area contributed by atoms with Crippen LogP contribution in [0.15, 0.2) is 0 Å². The molecule has 0 radical (unpaired) electrons. The monoisotopic (exact) mass is 272 g/mol. The molecule has 2 aliphatic rings.